The second-order valence-corrected chi connectivity index (χ2v) is 5.89. The molecule has 0 aliphatic carbocycles. The molecule has 2 aromatic heterocycles. The minimum atomic E-state index is 0.865. The van der Waals surface area contributed by atoms with Gasteiger partial charge in [0.1, 0.15) is 5.69 Å². The quantitative estimate of drug-likeness (QED) is 0.517. The van der Waals surface area contributed by atoms with E-state index in [9.17, 15) is 0 Å². The number of pyridine rings is 1. The third-order valence-corrected chi connectivity index (χ3v) is 4.09. The molecule has 4 aromatic rings. The van der Waals surface area contributed by atoms with Gasteiger partial charge < -0.3 is 0 Å². The van der Waals surface area contributed by atoms with Crippen molar-refractivity contribution in [2.75, 3.05) is 0 Å². The van der Waals surface area contributed by atoms with Crippen molar-refractivity contribution < 1.29 is 0 Å². The fourth-order valence-electron chi connectivity index (χ4n) is 2.52. The van der Waals surface area contributed by atoms with Gasteiger partial charge in [-0.2, -0.15) is 5.10 Å². The number of fused-ring (bicyclic) bond motifs is 1. The summed E-state index contributed by atoms with van der Waals surface area (Å²) < 4.78 is 2.94. The van der Waals surface area contributed by atoms with Gasteiger partial charge >= 0.3 is 0 Å². The van der Waals surface area contributed by atoms with Crippen LogP contribution >= 0.6 is 15.9 Å². The van der Waals surface area contributed by atoms with Crippen LogP contribution in [0.3, 0.4) is 0 Å². The first-order valence-electron chi connectivity index (χ1n) is 6.98. The molecular weight excluding hydrogens is 338 g/mol. The van der Waals surface area contributed by atoms with Crippen molar-refractivity contribution >= 4 is 27.0 Å². The van der Waals surface area contributed by atoms with Crippen molar-refractivity contribution in [3.8, 4) is 16.9 Å². The highest BCUT2D eigenvalue weighted by molar-refractivity contribution is 9.10. The molecule has 4 heteroatoms. The Morgan fingerprint density at radius 2 is 1.59 bits per heavy atom. The lowest BCUT2D eigenvalue weighted by Gasteiger charge is -2.02. The summed E-state index contributed by atoms with van der Waals surface area (Å²) in [5.74, 6) is 0. The van der Waals surface area contributed by atoms with E-state index in [0.717, 1.165) is 32.5 Å². The molecule has 0 aliphatic heterocycles. The molecule has 106 valence electrons. The third-order valence-electron chi connectivity index (χ3n) is 3.56. The Labute approximate surface area is 136 Å². The van der Waals surface area contributed by atoms with Crippen molar-refractivity contribution in [1.29, 1.82) is 0 Å². The lowest BCUT2D eigenvalue weighted by Crippen LogP contribution is -1.97. The lowest BCUT2D eigenvalue weighted by atomic mass is 10.1. The molecule has 0 bridgehead atoms. The van der Waals surface area contributed by atoms with Gasteiger partial charge in [-0.15, -0.1) is 0 Å². The molecule has 0 aliphatic rings. The van der Waals surface area contributed by atoms with E-state index in [1.54, 1.807) is 6.20 Å². The van der Waals surface area contributed by atoms with Crippen LogP contribution in [0.4, 0.5) is 0 Å². The maximum absolute atomic E-state index is 4.80. The van der Waals surface area contributed by atoms with Crippen molar-refractivity contribution in [3.05, 3.63) is 77.4 Å². The number of halogens is 1. The largest absolute Gasteiger partial charge is 0.237 e. The van der Waals surface area contributed by atoms with E-state index in [1.807, 2.05) is 53.2 Å². The Morgan fingerprint density at radius 3 is 2.36 bits per heavy atom. The number of nitrogens with zero attached hydrogens (tertiary/aromatic N) is 3. The molecule has 0 spiro atoms. The molecule has 2 aromatic carbocycles. The maximum atomic E-state index is 4.80. The zero-order chi connectivity index (χ0) is 14.9. The summed E-state index contributed by atoms with van der Waals surface area (Å²) in [6, 6.07) is 22.3. The van der Waals surface area contributed by atoms with Gasteiger partial charge in [-0.25, -0.2) is 9.67 Å². The first-order chi connectivity index (χ1) is 10.8. The van der Waals surface area contributed by atoms with Crippen molar-refractivity contribution in [3.63, 3.8) is 0 Å². The van der Waals surface area contributed by atoms with Crippen LogP contribution in [0.25, 0.3) is 28.0 Å². The molecule has 4 rings (SSSR count). The Hall–Kier alpha value is -2.46. The molecule has 0 saturated heterocycles. The van der Waals surface area contributed by atoms with Crippen molar-refractivity contribution in [2.24, 2.45) is 0 Å². The summed E-state index contributed by atoms with van der Waals surface area (Å²) in [5, 5.41) is 5.85. The Kier molecular flexibility index (Phi) is 3.24. The Balaban J connectivity index is 1.99. The summed E-state index contributed by atoms with van der Waals surface area (Å²) >= 11 is 3.46. The monoisotopic (exact) mass is 349 g/mol. The van der Waals surface area contributed by atoms with Gasteiger partial charge in [0.2, 0.25) is 0 Å². The highest BCUT2D eigenvalue weighted by Gasteiger charge is 2.13. The molecule has 0 unspecified atom stereocenters. The predicted octanol–water partition coefficient (Wildman–Crippen LogP) is 4.85. The summed E-state index contributed by atoms with van der Waals surface area (Å²) in [6.45, 7) is 0. The summed E-state index contributed by atoms with van der Waals surface area (Å²) in [4.78, 5) is 4.51. The van der Waals surface area contributed by atoms with Crippen LogP contribution in [0.15, 0.2) is 77.4 Å². The van der Waals surface area contributed by atoms with Crippen LogP contribution in [0.5, 0.6) is 0 Å². The van der Waals surface area contributed by atoms with E-state index >= 15 is 0 Å². The highest BCUT2D eigenvalue weighted by Crippen LogP contribution is 2.28. The van der Waals surface area contributed by atoms with E-state index in [2.05, 4.69) is 39.1 Å². The topological polar surface area (TPSA) is 30.7 Å². The molecule has 0 radical (unpaired) electrons. The molecule has 0 fully saturated rings. The van der Waals surface area contributed by atoms with E-state index in [1.165, 1.54) is 0 Å². The molecule has 0 amide bonds. The van der Waals surface area contributed by atoms with Gasteiger partial charge in [0, 0.05) is 21.6 Å². The SMILES string of the molecule is Brc1ccc(-n2nc(-c3ccccc3)c3cccnc32)cc1. The normalized spacial score (nSPS) is 11.0. The molecule has 22 heavy (non-hydrogen) atoms. The number of hydrogen-bond acceptors (Lipinski definition) is 2. The van der Waals surface area contributed by atoms with Gasteiger partial charge in [-0.1, -0.05) is 46.3 Å². The molecule has 0 saturated carbocycles. The van der Waals surface area contributed by atoms with Crippen molar-refractivity contribution in [1.82, 2.24) is 14.8 Å². The number of benzene rings is 2. The van der Waals surface area contributed by atoms with Gasteiger partial charge in [-0.05, 0) is 36.4 Å². The van der Waals surface area contributed by atoms with E-state index in [0.29, 0.717) is 0 Å². The van der Waals surface area contributed by atoms with Gasteiger partial charge in [0.05, 0.1) is 5.69 Å². The minimum absolute atomic E-state index is 0.865. The van der Waals surface area contributed by atoms with Crippen LogP contribution in [-0.2, 0) is 0 Å². The zero-order valence-corrected chi connectivity index (χ0v) is 13.2. The Morgan fingerprint density at radius 1 is 0.818 bits per heavy atom. The van der Waals surface area contributed by atoms with E-state index in [-0.39, 0.29) is 0 Å². The zero-order valence-electron chi connectivity index (χ0n) is 11.6. The summed E-state index contributed by atoms with van der Waals surface area (Å²) in [5.41, 5.74) is 3.90. The van der Waals surface area contributed by atoms with Crippen LogP contribution in [0.2, 0.25) is 0 Å². The number of rotatable bonds is 2. The molecule has 0 atom stereocenters. The summed E-state index contributed by atoms with van der Waals surface area (Å²) in [6.07, 6.45) is 1.80. The fourth-order valence-corrected chi connectivity index (χ4v) is 2.79. The fraction of sp³-hybridized carbons (Fsp3) is 0. The second-order valence-electron chi connectivity index (χ2n) is 4.98. The third kappa shape index (κ3) is 2.22. The smallest absolute Gasteiger partial charge is 0.163 e. The molecule has 3 nitrogen and oxygen atoms in total. The van der Waals surface area contributed by atoms with E-state index in [4.69, 9.17) is 5.10 Å². The van der Waals surface area contributed by atoms with Gasteiger partial charge in [0.25, 0.3) is 0 Å². The van der Waals surface area contributed by atoms with E-state index < -0.39 is 0 Å². The average molecular weight is 350 g/mol. The van der Waals surface area contributed by atoms with Crippen LogP contribution < -0.4 is 0 Å². The van der Waals surface area contributed by atoms with Crippen LogP contribution in [0.1, 0.15) is 0 Å². The van der Waals surface area contributed by atoms with Crippen molar-refractivity contribution in [2.45, 2.75) is 0 Å². The first kappa shape index (κ1) is 13.2. The molecule has 0 N–H and O–H groups in total. The maximum Gasteiger partial charge on any atom is 0.163 e. The number of aromatic nitrogens is 3. The number of hydrogen-bond donors (Lipinski definition) is 0. The average Bonchev–Trinajstić information content (AvgIpc) is 2.96. The van der Waals surface area contributed by atoms with Crippen LogP contribution in [-0.4, -0.2) is 14.8 Å². The minimum Gasteiger partial charge on any atom is -0.237 e. The highest BCUT2D eigenvalue weighted by atomic mass is 79.9. The molecular formula is C18H12BrN3. The second kappa shape index (κ2) is 5.39. The van der Waals surface area contributed by atoms with Crippen LogP contribution in [0, 0.1) is 0 Å². The molecule has 2 heterocycles. The Bertz CT molecular complexity index is 928. The summed E-state index contributed by atoms with van der Waals surface area (Å²) in [7, 11) is 0. The lowest BCUT2D eigenvalue weighted by molar-refractivity contribution is 0.901. The van der Waals surface area contributed by atoms with Gasteiger partial charge in [0.15, 0.2) is 5.65 Å². The first-order valence-corrected chi connectivity index (χ1v) is 7.77. The predicted molar refractivity (Wildman–Crippen MR) is 92.0 cm³/mol. The standard InChI is InChI=1S/C18H12BrN3/c19-14-8-10-15(11-9-14)22-18-16(7-4-12-20-18)17(21-22)13-5-2-1-3-6-13/h1-12H. The van der Waals surface area contributed by atoms with Gasteiger partial charge in [-0.3, -0.25) is 0 Å².